The maximum atomic E-state index is 6.13. The van der Waals surface area contributed by atoms with Crippen molar-refractivity contribution in [3.05, 3.63) is 24.3 Å². The van der Waals surface area contributed by atoms with Crippen molar-refractivity contribution in [2.45, 2.75) is 38.1 Å². The number of nitrogen functional groups attached to an aromatic ring is 1. The summed E-state index contributed by atoms with van der Waals surface area (Å²) in [6.45, 7) is 5.96. The van der Waals surface area contributed by atoms with Gasteiger partial charge in [0.2, 0.25) is 5.95 Å². The first kappa shape index (κ1) is 19.0. The van der Waals surface area contributed by atoms with E-state index in [0.29, 0.717) is 11.7 Å². The van der Waals surface area contributed by atoms with Gasteiger partial charge in [-0.05, 0) is 39.8 Å². The predicted molar refractivity (Wildman–Crippen MR) is 113 cm³/mol. The Morgan fingerprint density at radius 3 is 2.68 bits per heavy atom. The number of nitrogens with two attached hydrogens (primary N) is 1. The fraction of sp³-hybridized carbons (Fsp3) is 0.650. The number of piperidine rings is 1. The zero-order valence-electron chi connectivity index (χ0n) is 17.1. The standard InChI is InChI=1S/C20H32N8/c1-25(2)12-13-26-11-7-22-19(26)16-6-5-10-28(15-16)18-14-17(21)23-20(24-18)27-8-3-4-9-27/h7,11,14,16H,3-6,8-10,12-13,15H2,1-2H3,(H2,21,23,24)/t16-/m1/s1. The molecule has 1 atom stereocenters. The Bertz CT molecular complexity index is 780. The number of imidazole rings is 1. The zero-order valence-corrected chi connectivity index (χ0v) is 17.1. The summed E-state index contributed by atoms with van der Waals surface area (Å²) >= 11 is 0. The summed E-state index contributed by atoms with van der Waals surface area (Å²) in [6, 6.07) is 1.92. The second-order valence-corrected chi connectivity index (χ2v) is 8.21. The normalized spacial score (nSPS) is 20.3. The monoisotopic (exact) mass is 384 g/mol. The van der Waals surface area contributed by atoms with Gasteiger partial charge in [-0.25, -0.2) is 4.98 Å². The lowest BCUT2D eigenvalue weighted by Crippen LogP contribution is -2.36. The van der Waals surface area contributed by atoms with E-state index < -0.39 is 0 Å². The van der Waals surface area contributed by atoms with Crippen molar-refractivity contribution in [2.24, 2.45) is 0 Å². The van der Waals surface area contributed by atoms with Gasteiger partial charge in [-0.1, -0.05) is 0 Å². The number of nitrogens with zero attached hydrogens (tertiary/aromatic N) is 7. The van der Waals surface area contributed by atoms with Crippen LogP contribution in [-0.4, -0.2) is 71.2 Å². The maximum Gasteiger partial charge on any atom is 0.229 e. The average molecular weight is 385 g/mol. The topological polar surface area (TPSA) is 79.3 Å². The molecule has 2 aromatic heterocycles. The average Bonchev–Trinajstić information content (AvgIpc) is 3.38. The van der Waals surface area contributed by atoms with E-state index in [0.717, 1.165) is 63.9 Å². The van der Waals surface area contributed by atoms with Crippen molar-refractivity contribution < 1.29 is 0 Å². The van der Waals surface area contributed by atoms with Gasteiger partial charge in [-0.3, -0.25) is 0 Å². The molecule has 2 aliphatic rings. The molecule has 4 heterocycles. The zero-order chi connectivity index (χ0) is 19.5. The van der Waals surface area contributed by atoms with E-state index in [1.54, 1.807) is 0 Å². The van der Waals surface area contributed by atoms with Crippen LogP contribution in [0.25, 0.3) is 0 Å². The summed E-state index contributed by atoms with van der Waals surface area (Å²) in [7, 11) is 4.22. The minimum absolute atomic E-state index is 0.414. The van der Waals surface area contributed by atoms with Crippen molar-refractivity contribution in [3.63, 3.8) is 0 Å². The number of anilines is 3. The molecule has 8 nitrogen and oxygen atoms in total. The molecule has 4 rings (SSSR count). The van der Waals surface area contributed by atoms with Crippen LogP contribution in [0.2, 0.25) is 0 Å². The molecule has 0 radical (unpaired) electrons. The second kappa shape index (κ2) is 8.34. The van der Waals surface area contributed by atoms with Crippen LogP contribution < -0.4 is 15.5 Å². The Morgan fingerprint density at radius 2 is 1.89 bits per heavy atom. The SMILES string of the molecule is CN(C)CCn1ccnc1[C@@H]1CCCN(c2cc(N)nc(N3CCCC3)n2)C1. The summed E-state index contributed by atoms with van der Waals surface area (Å²) in [5.74, 6) is 3.89. The van der Waals surface area contributed by atoms with Crippen LogP contribution >= 0.6 is 0 Å². The van der Waals surface area contributed by atoms with Crippen LogP contribution in [0.3, 0.4) is 0 Å². The number of hydrogen-bond donors (Lipinski definition) is 1. The van der Waals surface area contributed by atoms with E-state index >= 15 is 0 Å². The molecule has 0 bridgehead atoms. The Hall–Kier alpha value is -2.35. The molecule has 2 fully saturated rings. The summed E-state index contributed by atoms with van der Waals surface area (Å²) < 4.78 is 2.30. The van der Waals surface area contributed by atoms with Gasteiger partial charge in [-0.15, -0.1) is 0 Å². The number of aromatic nitrogens is 4. The van der Waals surface area contributed by atoms with Gasteiger partial charge in [0, 0.05) is 63.6 Å². The fourth-order valence-corrected chi connectivity index (χ4v) is 4.23. The molecule has 0 spiro atoms. The largest absolute Gasteiger partial charge is 0.383 e. The Morgan fingerprint density at radius 1 is 1.11 bits per heavy atom. The highest BCUT2D eigenvalue weighted by Crippen LogP contribution is 2.30. The van der Waals surface area contributed by atoms with Gasteiger partial charge in [0.25, 0.3) is 0 Å². The molecule has 2 aliphatic heterocycles. The smallest absolute Gasteiger partial charge is 0.229 e. The number of hydrogen-bond acceptors (Lipinski definition) is 7. The van der Waals surface area contributed by atoms with E-state index in [4.69, 9.17) is 15.7 Å². The first-order chi connectivity index (χ1) is 13.6. The van der Waals surface area contributed by atoms with E-state index in [-0.39, 0.29) is 0 Å². The van der Waals surface area contributed by atoms with Crippen LogP contribution in [0.1, 0.15) is 37.4 Å². The number of rotatable bonds is 6. The van der Waals surface area contributed by atoms with Crippen LogP contribution in [0, 0.1) is 0 Å². The molecule has 8 heteroatoms. The molecule has 0 amide bonds. The van der Waals surface area contributed by atoms with Crippen molar-refractivity contribution in [3.8, 4) is 0 Å². The molecular formula is C20H32N8. The predicted octanol–water partition coefficient (Wildman–Crippen LogP) is 1.80. The van der Waals surface area contributed by atoms with Gasteiger partial charge >= 0.3 is 0 Å². The second-order valence-electron chi connectivity index (χ2n) is 8.21. The van der Waals surface area contributed by atoms with Gasteiger partial charge in [0.1, 0.15) is 17.5 Å². The van der Waals surface area contributed by atoms with E-state index in [9.17, 15) is 0 Å². The molecular weight excluding hydrogens is 352 g/mol. The molecule has 152 valence electrons. The summed E-state index contributed by atoms with van der Waals surface area (Å²) in [5.41, 5.74) is 6.13. The highest BCUT2D eigenvalue weighted by Gasteiger charge is 2.26. The van der Waals surface area contributed by atoms with Crippen molar-refractivity contribution in [1.29, 1.82) is 0 Å². The molecule has 0 unspecified atom stereocenters. The summed E-state index contributed by atoms with van der Waals surface area (Å²) in [4.78, 5) is 20.9. The minimum Gasteiger partial charge on any atom is -0.383 e. The first-order valence-corrected chi connectivity index (χ1v) is 10.4. The van der Waals surface area contributed by atoms with Gasteiger partial charge in [0.05, 0.1) is 0 Å². The van der Waals surface area contributed by atoms with Crippen LogP contribution in [-0.2, 0) is 6.54 Å². The Labute approximate surface area is 167 Å². The maximum absolute atomic E-state index is 6.13. The third kappa shape index (κ3) is 4.22. The van der Waals surface area contributed by atoms with Gasteiger partial charge < -0.3 is 25.0 Å². The third-order valence-corrected chi connectivity index (χ3v) is 5.76. The van der Waals surface area contributed by atoms with E-state index in [1.165, 1.54) is 18.7 Å². The molecule has 2 aromatic rings. The quantitative estimate of drug-likeness (QED) is 0.813. The van der Waals surface area contributed by atoms with Crippen LogP contribution in [0.15, 0.2) is 18.5 Å². The van der Waals surface area contributed by atoms with Crippen molar-refractivity contribution in [1.82, 2.24) is 24.4 Å². The number of likely N-dealkylation sites (N-methyl/N-ethyl adjacent to an activating group) is 1. The van der Waals surface area contributed by atoms with E-state index in [1.807, 2.05) is 12.3 Å². The first-order valence-electron chi connectivity index (χ1n) is 10.4. The third-order valence-electron chi connectivity index (χ3n) is 5.76. The van der Waals surface area contributed by atoms with Crippen LogP contribution in [0.5, 0.6) is 0 Å². The summed E-state index contributed by atoms with van der Waals surface area (Å²) in [5, 5.41) is 0. The summed E-state index contributed by atoms with van der Waals surface area (Å²) in [6.07, 6.45) is 8.73. The molecule has 0 saturated carbocycles. The van der Waals surface area contributed by atoms with Gasteiger partial charge in [0.15, 0.2) is 0 Å². The van der Waals surface area contributed by atoms with Gasteiger partial charge in [-0.2, -0.15) is 9.97 Å². The molecule has 28 heavy (non-hydrogen) atoms. The highest BCUT2D eigenvalue weighted by atomic mass is 15.3. The van der Waals surface area contributed by atoms with E-state index in [2.05, 4.69) is 44.5 Å². The minimum atomic E-state index is 0.414. The fourth-order valence-electron chi connectivity index (χ4n) is 4.23. The molecule has 0 aliphatic carbocycles. The Kier molecular flexibility index (Phi) is 5.66. The van der Waals surface area contributed by atoms with Crippen molar-refractivity contribution >= 4 is 17.6 Å². The lowest BCUT2D eigenvalue weighted by molar-refractivity contribution is 0.373. The highest BCUT2D eigenvalue weighted by molar-refractivity contribution is 5.53. The van der Waals surface area contributed by atoms with Crippen LogP contribution in [0.4, 0.5) is 17.6 Å². The molecule has 2 saturated heterocycles. The lowest BCUT2D eigenvalue weighted by Gasteiger charge is -2.34. The molecule has 2 N–H and O–H groups in total. The van der Waals surface area contributed by atoms with Crippen molar-refractivity contribution in [2.75, 3.05) is 62.4 Å². The molecule has 0 aromatic carbocycles. The lowest BCUT2D eigenvalue weighted by atomic mass is 9.97. The Balaban J connectivity index is 1.51.